The first-order valence-corrected chi connectivity index (χ1v) is 10.1. The van der Waals surface area contributed by atoms with Gasteiger partial charge in [0.05, 0.1) is 6.61 Å². The second-order valence-electron chi connectivity index (χ2n) is 6.70. The van der Waals surface area contributed by atoms with E-state index < -0.39 is 6.61 Å². The molecule has 33 heavy (non-hydrogen) atoms. The second-order valence-corrected chi connectivity index (χ2v) is 6.70. The molecule has 0 unspecified atom stereocenters. The zero-order valence-corrected chi connectivity index (χ0v) is 20.9. The molecule has 2 N–H and O–H groups in total. The van der Waals surface area contributed by atoms with Gasteiger partial charge in [-0.2, -0.15) is 8.78 Å². The van der Waals surface area contributed by atoms with Gasteiger partial charge in [-0.25, -0.2) is 9.97 Å². The van der Waals surface area contributed by atoms with Crippen molar-refractivity contribution in [1.29, 1.82) is 0 Å². The lowest BCUT2D eigenvalue weighted by Crippen LogP contribution is -2.36. The van der Waals surface area contributed by atoms with E-state index in [1.165, 1.54) is 0 Å². The molecule has 1 aromatic carbocycles. The summed E-state index contributed by atoms with van der Waals surface area (Å²) >= 11 is 0. The molecule has 2 aromatic heterocycles. The lowest BCUT2D eigenvalue weighted by molar-refractivity contribution is -0.0520. The van der Waals surface area contributed by atoms with Gasteiger partial charge in [0, 0.05) is 44.3 Å². The largest absolute Gasteiger partial charge is 0.490 e. The second kappa shape index (κ2) is 12.9. The van der Waals surface area contributed by atoms with Crippen molar-refractivity contribution >= 4 is 29.9 Å². The molecule has 0 radical (unpaired) electrons. The number of hydrogen-bond donors (Lipinski definition) is 2. The summed E-state index contributed by atoms with van der Waals surface area (Å²) in [5, 5.41) is 6.29. The van der Waals surface area contributed by atoms with Crippen molar-refractivity contribution in [2.24, 2.45) is 4.99 Å². The van der Waals surface area contributed by atoms with E-state index in [9.17, 15) is 8.78 Å². The lowest BCUT2D eigenvalue weighted by Gasteiger charge is -2.17. The number of halogens is 3. The number of rotatable bonds is 9. The maximum absolute atomic E-state index is 12.9. The van der Waals surface area contributed by atoms with Crippen molar-refractivity contribution in [1.82, 2.24) is 25.2 Å². The minimum Gasteiger partial charge on any atom is -0.490 e. The number of alkyl halides is 2. The lowest BCUT2D eigenvalue weighted by atomic mass is 10.2. The number of hydrogen-bond acceptors (Lipinski definition) is 5. The van der Waals surface area contributed by atoms with E-state index in [0.717, 1.165) is 17.2 Å². The quantitative estimate of drug-likeness (QED) is 0.229. The highest BCUT2D eigenvalue weighted by Gasteiger charge is 2.16. The average Bonchev–Trinajstić information content (AvgIpc) is 3.21. The minimum absolute atomic E-state index is 0. The minimum atomic E-state index is -2.95. The Bertz CT molecular complexity index is 1040. The summed E-state index contributed by atoms with van der Waals surface area (Å²) in [4.78, 5) is 12.8. The van der Waals surface area contributed by atoms with Gasteiger partial charge in [-0.3, -0.25) is 9.56 Å². The number of para-hydroxylation sites is 1. The standard InChI is InChI=1S/C22H26F2N6O2.HI/c1-4-31-18-7-5-6-17(20(18)32-21(23)24)14-29-22(25-3)28-13-16-8-9-19(27-12-16)30-11-10-26-15(30)2;/h5-12,21H,4,13-14H2,1-3H3,(H2,25,28,29);1H. The number of aryl methyl sites for hydroxylation is 1. The molecule has 2 heterocycles. The fourth-order valence-corrected chi connectivity index (χ4v) is 3.06. The number of ether oxygens (including phenoxy) is 2. The third-order valence-corrected chi connectivity index (χ3v) is 4.58. The van der Waals surface area contributed by atoms with Crippen LogP contribution >= 0.6 is 24.0 Å². The molecule has 0 atom stereocenters. The van der Waals surface area contributed by atoms with Crippen LogP contribution in [0.15, 0.2) is 53.9 Å². The first kappa shape index (κ1) is 26.3. The van der Waals surface area contributed by atoms with E-state index in [2.05, 4.69) is 25.6 Å². The molecule has 3 aromatic rings. The molecule has 178 valence electrons. The number of nitrogens with zero attached hydrogens (tertiary/aromatic N) is 4. The third kappa shape index (κ3) is 7.27. The maximum Gasteiger partial charge on any atom is 0.387 e. The number of aliphatic imine (C=N–C) groups is 1. The van der Waals surface area contributed by atoms with Crippen molar-refractivity contribution in [3.63, 3.8) is 0 Å². The Kier molecular flexibility index (Phi) is 10.3. The number of pyridine rings is 1. The van der Waals surface area contributed by atoms with Crippen LogP contribution in [-0.2, 0) is 13.1 Å². The highest BCUT2D eigenvalue weighted by atomic mass is 127. The van der Waals surface area contributed by atoms with Crippen LogP contribution in [0.5, 0.6) is 11.5 Å². The van der Waals surface area contributed by atoms with Crippen molar-refractivity contribution in [2.75, 3.05) is 13.7 Å². The number of nitrogens with one attached hydrogen (secondary N) is 2. The van der Waals surface area contributed by atoms with Gasteiger partial charge >= 0.3 is 6.61 Å². The summed E-state index contributed by atoms with van der Waals surface area (Å²) in [5.41, 5.74) is 1.48. The van der Waals surface area contributed by atoms with E-state index in [0.29, 0.717) is 24.7 Å². The topological polar surface area (TPSA) is 85.6 Å². The van der Waals surface area contributed by atoms with Crippen LogP contribution in [0, 0.1) is 6.92 Å². The van der Waals surface area contributed by atoms with E-state index in [1.54, 1.807) is 44.6 Å². The average molecular weight is 572 g/mol. The van der Waals surface area contributed by atoms with Crippen molar-refractivity contribution < 1.29 is 18.3 Å². The molecule has 0 amide bonds. The first-order valence-electron chi connectivity index (χ1n) is 10.1. The molecule has 0 saturated carbocycles. The summed E-state index contributed by atoms with van der Waals surface area (Å²) < 4.78 is 37.8. The SMILES string of the molecule is CCOc1cccc(CNC(=NC)NCc2ccc(-n3ccnc3C)nc2)c1OC(F)F.I. The van der Waals surface area contributed by atoms with Crippen molar-refractivity contribution in [3.8, 4) is 17.3 Å². The van der Waals surface area contributed by atoms with Crippen LogP contribution < -0.4 is 20.1 Å². The smallest absolute Gasteiger partial charge is 0.387 e. The number of benzene rings is 1. The molecule has 0 bridgehead atoms. The van der Waals surface area contributed by atoms with Gasteiger partial charge in [-0.1, -0.05) is 18.2 Å². The summed E-state index contributed by atoms with van der Waals surface area (Å²) in [6, 6.07) is 8.89. The Balaban J connectivity index is 0.00000385. The first-order chi connectivity index (χ1) is 15.5. The number of guanidine groups is 1. The van der Waals surface area contributed by atoms with Gasteiger partial charge in [0.15, 0.2) is 17.5 Å². The van der Waals surface area contributed by atoms with Crippen LogP contribution in [0.1, 0.15) is 23.9 Å². The van der Waals surface area contributed by atoms with Gasteiger partial charge in [-0.15, -0.1) is 24.0 Å². The van der Waals surface area contributed by atoms with Gasteiger partial charge < -0.3 is 20.1 Å². The molecule has 0 aliphatic carbocycles. The highest BCUT2D eigenvalue weighted by molar-refractivity contribution is 14.0. The molecule has 0 fully saturated rings. The zero-order chi connectivity index (χ0) is 22.9. The summed E-state index contributed by atoms with van der Waals surface area (Å²) in [6.45, 7) is 1.78. The van der Waals surface area contributed by atoms with Crippen LogP contribution in [0.4, 0.5) is 8.78 Å². The van der Waals surface area contributed by atoms with Crippen LogP contribution in [0.3, 0.4) is 0 Å². The van der Waals surface area contributed by atoms with Crippen molar-refractivity contribution in [2.45, 2.75) is 33.5 Å². The number of aromatic nitrogens is 3. The van der Waals surface area contributed by atoms with E-state index in [4.69, 9.17) is 9.47 Å². The van der Waals surface area contributed by atoms with Gasteiger partial charge in [-0.05, 0) is 31.5 Å². The third-order valence-electron chi connectivity index (χ3n) is 4.58. The summed E-state index contributed by atoms with van der Waals surface area (Å²) in [6.07, 6.45) is 5.35. The molecule has 0 saturated heterocycles. The molecule has 8 nitrogen and oxygen atoms in total. The monoisotopic (exact) mass is 572 g/mol. The normalized spacial score (nSPS) is 11.2. The van der Waals surface area contributed by atoms with E-state index in [1.807, 2.05) is 29.8 Å². The maximum atomic E-state index is 12.9. The van der Waals surface area contributed by atoms with Gasteiger partial charge in [0.25, 0.3) is 0 Å². The predicted molar refractivity (Wildman–Crippen MR) is 133 cm³/mol. The zero-order valence-electron chi connectivity index (χ0n) is 18.6. The van der Waals surface area contributed by atoms with E-state index in [-0.39, 0.29) is 42.0 Å². The Hall–Kier alpha value is -2.96. The predicted octanol–water partition coefficient (Wildman–Crippen LogP) is 4.06. The molecule has 3 rings (SSSR count). The molecule has 11 heteroatoms. The number of imidazole rings is 1. The van der Waals surface area contributed by atoms with Crippen molar-refractivity contribution in [3.05, 3.63) is 65.9 Å². The molecular weight excluding hydrogens is 545 g/mol. The summed E-state index contributed by atoms with van der Waals surface area (Å²) in [5.74, 6) is 2.43. The Labute approximate surface area is 208 Å². The highest BCUT2D eigenvalue weighted by Crippen LogP contribution is 2.32. The molecule has 0 aliphatic rings. The molecular formula is C22H27F2IN6O2. The van der Waals surface area contributed by atoms with E-state index >= 15 is 0 Å². The Morgan fingerprint density at radius 3 is 2.55 bits per heavy atom. The Morgan fingerprint density at radius 2 is 1.94 bits per heavy atom. The van der Waals surface area contributed by atoms with Crippen LogP contribution in [-0.4, -0.2) is 40.8 Å². The van der Waals surface area contributed by atoms with Gasteiger partial charge in [0.2, 0.25) is 0 Å². The molecule has 0 spiro atoms. The van der Waals surface area contributed by atoms with Crippen LogP contribution in [0.2, 0.25) is 0 Å². The van der Waals surface area contributed by atoms with Crippen LogP contribution in [0.25, 0.3) is 5.82 Å². The fraction of sp³-hybridized carbons (Fsp3) is 0.318. The Morgan fingerprint density at radius 1 is 1.15 bits per heavy atom. The molecule has 0 aliphatic heterocycles. The summed E-state index contributed by atoms with van der Waals surface area (Å²) in [7, 11) is 1.63. The van der Waals surface area contributed by atoms with Gasteiger partial charge in [0.1, 0.15) is 11.6 Å². The fourth-order valence-electron chi connectivity index (χ4n) is 3.06.